The summed E-state index contributed by atoms with van der Waals surface area (Å²) in [5.74, 6) is -1.24. The molecule has 0 saturated carbocycles. The van der Waals surface area contributed by atoms with E-state index in [1.807, 2.05) is 31.2 Å². The van der Waals surface area contributed by atoms with Crippen molar-refractivity contribution in [2.45, 2.75) is 18.4 Å². The summed E-state index contributed by atoms with van der Waals surface area (Å²) in [5, 5.41) is 10.4. The van der Waals surface area contributed by atoms with E-state index in [-0.39, 0.29) is 16.3 Å². The zero-order chi connectivity index (χ0) is 14.8. The number of carboxylic acid groups (broad SMARTS) is 1. The van der Waals surface area contributed by atoms with Gasteiger partial charge in [0, 0.05) is 6.54 Å². The molecule has 1 aromatic heterocycles. The predicted molar refractivity (Wildman–Crippen MR) is 76.5 cm³/mol. The van der Waals surface area contributed by atoms with Crippen molar-refractivity contribution in [3.63, 3.8) is 0 Å². The number of nitrogens with one attached hydrogen (secondary N) is 1. The summed E-state index contributed by atoms with van der Waals surface area (Å²) < 4.78 is 26.6. The second kappa shape index (κ2) is 5.74. The SMILES string of the molecule is Cc1ccc(CNS(=O)(=O)c2ccsc2C(=O)O)cc1. The number of carbonyl (C=O) groups is 1. The van der Waals surface area contributed by atoms with Gasteiger partial charge in [-0.05, 0) is 23.9 Å². The van der Waals surface area contributed by atoms with Gasteiger partial charge in [-0.1, -0.05) is 29.8 Å². The Bertz CT molecular complexity index is 717. The van der Waals surface area contributed by atoms with E-state index in [1.54, 1.807) is 0 Å². The van der Waals surface area contributed by atoms with Crippen LogP contribution in [0.5, 0.6) is 0 Å². The first kappa shape index (κ1) is 14.7. The van der Waals surface area contributed by atoms with E-state index < -0.39 is 16.0 Å². The molecule has 0 bridgehead atoms. The van der Waals surface area contributed by atoms with Crippen molar-refractivity contribution in [1.82, 2.24) is 4.72 Å². The van der Waals surface area contributed by atoms with Crippen LogP contribution in [0.2, 0.25) is 0 Å². The number of aromatic carboxylic acids is 1. The molecule has 0 atom stereocenters. The number of hydrogen-bond donors (Lipinski definition) is 2. The van der Waals surface area contributed by atoms with E-state index in [9.17, 15) is 13.2 Å². The molecule has 0 spiro atoms. The van der Waals surface area contributed by atoms with Crippen molar-refractivity contribution < 1.29 is 18.3 Å². The zero-order valence-electron chi connectivity index (χ0n) is 10.7. The van der Waals surface area contributed by atoms with E-state index in [1.165, 1.54) is 11.4 Å². The average Bonchev–Trinajstić information content (AvgIpc) is 2.88. The van der Waals surface area contributed by atoms with Gasteiger partial charge in [0.15, 0.2) is 0 Å². The number of sulfonamides is 1. The molecule has 1 aromatic carbocycles. The minimum absolute atomic E-state index is 0.123. The molecule has 2 rings (SSSR count). The molecular formula is C13H13NO4S2. The molecule has 106 valence electrons. The first-order valence-corrected chi connectivity index (χ1v) is 8.12. The highest BCUT2D eigenvalue weighted by Crippen LogP contribution is 2.21. The summed E-state index contributed by atoms with van der Waals surface area (Å²) in [6.45, 7) is 2.07. The van der Waals surface area contributed by atoms with E-state index in [0.29, 0.717) is 0 Å². The molecule has 2 aromatic rings. The highest BCUT2D eigenvalue weighted by atomic mass is 32.2. The minimum atomic E-state index is -3.82. The first-order chi connectivity index (χ1) is 9.40. The lowest BCUT2D eigenvalue weighted by molar-refractivity contribution is 0.0698. The Kier molecular flexibility index (Phi) is 4.22. The van der Waals surface area contributed by atoms with Gasteiger partial charge in [-0.25, -0.2) is 17.9 Å². The maximum Gasteiger partial charge on any atom is 0.347 e. The summed E-state index contributed by atoms with van der Waals surface area (Å²) in [7, 11) is -3.82. The molecule has 0 aliphatic carbocycles. The molecule has 0 aliphatic rings. The third-order valence-electron chi connectivity index (χ3n) is 2.70. The second-order valence-corrected chi connectivity index (χ2v) is 6.88. The van der Waals surface area contributed by atoms with Crippen molar-refractivity contribution >= 4 is 27.3 Å². The number of thiophene rings is 1. The third kappa shape index (κ3) is 3.24. The van der Waals surface area contributed by atoms with Crippen molar-refractivity contribution in [3.05, 3.63) is 51.7 Å². The van der Waals surface area contributed by atoms with Crippen LogP contribution in [0, 0.1) is 6.92 Å². The summed E-state index contributed by atoms with van der Waals surface area (Å²) in [5.41, 5.74) is 1.90. The fourth-order valence-corrected chi connectivity index (χ4v) is 3.90. The van der Waals surface area contributed by atoms with Crippen molar-refractivity contribution in [2.75, 3.05) is 0 Å². The lowest BCUT2D eigenvalue weighted by Crippen LogP contribution is -2.24. The molecule has 5 nitrogen and oxygen atoms in total. The molecule has 0 radical (unpaired) electrons. The van der Waals surface area contributed by atoms with E-state index >= 15 is 0 Å². The fraction of sp³-hybridized carbons (Fsp3) is 0.154. The second-order valence-electron chi connectivity index (χ2n) is 4.23. The number of hydrogen-bond acceptors (Lipinski definition) is 4. The predicted octanol–water partition coefficient (Wildman–Crippen LogP) is 2.23. The van der Waals surface area contributed by atoms with E-state index in [0.717, 1.165) is 22.5 Å². The number of benzene rings is 1. The summed E-state index contributed by atoms with van der Waals surface area (Å²) in [4.78, 5) is 10.6. The van der Waals surface area contributed by atoms with Gasteiger partial charge in [-0.3, -0.25) is 0 Å². The normalized spacial score (nSPS) is 11.4. The Hall–Kier alpha value is -1.70. The summed E-state index contributed by atoms with van der Waals surface area (Å²) in [6, 6.07) is 8.71. The van der Waals surface area contributed by atoms with Crippen molar-refractivity contribution in [2.24, 2.45) is 0 Å². The van der Waals surface area contributed by atoms with Crippen molar-refractivity contribution in [1.29, 1.82) is 0 Å². The highest BCUT2D eigenvalue weighted by molar-refractivity contribution is 7.89. The Labute approximate surface area is 120 Å². The van der Waals surface area contributed by atoms with Crippen LogP contribution in [-0.4, -0.2) is 19.5 Å². The maximum absolute atomic E-state index is 12.1. The molecule has 1 heterocycles. The smallest absolute Gasteiger partial charge is 0.347 e. The lowest BCUT2D eigenvalue weighted by Gasteiger charge is -2.06. The van der Waals surface area contributed by atoms with Gasteiger partial charge in [-0.15, -0.1) is 11.3 Å². The largest absolute Gasteiger partial charge is 0.477 e. The minimum Gasteiger partial charge on any atom is -0.477 e. The van der Waals surface area contributed by atoms with Crippen LogP contribution in [0.3, 0.4) is 0 Å². The van der Waals surface area contributed by atoms with Crippen LogP contribution < -0.4 is 4.72 Å². The number of rotatable bonds is 5. The molecule has 0 unspecified atom stereocenters. The Morgan fingerprint density at radius 2 is 1.90 bits per heavy atom. The summed E-state index contributed by atoms with van der Waals surface area (Å²) >= 11 is 0.889. The summed E-state index contributed by atoms with van der Waals surface area (Å²) in [6.07, 6.45) is 0. The van der Waals surface area contributed by atoms with Crippen LogP contribution >= 0.6 is 11.3 Å². The standard InChI is InChI=1S/C13H13NO4S2/c1-9-2-4-10(5-3-9)8-14-20(17,18)11-6-7-19-12(11)13(15)16/h2-7,14H,8H2,1H3,(H,15,16). The molecule has 0 amide bonds. The van der Waals surface area contributed by atoms with Gasteiger partial charge in [0.1, 0.15) is 9.77 Å². The Balaban J connectivity index is 2.17. The molecular weight excluding hydrogens is 298 g/mol. The van der Waals surface area contributed by atoms with E-state index in [2.05, 4.69) is 4.72 Å². The molecule has 20 heavy (non-hydrogen) atoms. The number of carboxylic acids is 1. The van der Waals surface area contributed by atoms with Gasteiger partial charge in [-0.2, -0.15) is 0 Å². The van der Waals surface area contributed by atoms with Gasteiger partial charge in [0.2, 0.25) is 10.0 Å². The van der Waals surface area contributed by atoms with Crippen LogP contribution in [0.4, 0.5) is 0 Å². The van der Waals surface area contributed by atoms with Gasteiger partial charge >= 0.3 is 5.97 Å². The van der Waals surface area contributed by atoms with E-state index in [4.69, 9.17) is 5.11 Å². The van der Waals surface area contributed by atoms with Crippen LogP contribution in [0.25, 0.3) is 0 Å². The van der Waals surface area contributed by atoms with Crippen LogP contribution in [-0.2, 0) is 16.6 Å². The number of aryl methyl sites for hydroxylation is 1. The van der Waals surface area contributed by atoms with Crippen LogP contribution in [0.15, 0.2) is 40.6 Å². The Morgan fingerprint density at radius 3 is 2.50 bits per heavy atom. The third-order valence-corrected chi connectivity index (χ3v) is 5.17. The highest BCUT2D eigenvalue weighted by Gasteiger charge is 2.23. The maximum atomic E-state index is 12.1. The molecule has 2 N–H and O–H groups in total. The van der Waals surface area contributed by atoms with Crippen LogP contribution in [0.1, 0.15) is 20.8 Å². The van der Waals surface area contributed by atoms with Gasteiger partial charge in [0.05, 0.1) is 0 Å². The molecule has 0 fully saturated rings. The monoisotopic (exact) mass is 311 g/mol. The molecule has 0 aliphatic heterocycles. The van der Waals surface area contributed by atoms with Crippen molar-refractivity contribution in [3.8, 4) is 0 Å². The Morgan fingerprint density at radius 1 is 1.25 bits per heavy atom. The molecule has 7 heteroatoms. The molecule has 0 saturated heterocycles. The fourth-order valence-electron chi connectivity index (χ4n) is 1.63. The van der Waals surface area contributed by atoms with Gasteiger partial charge in [0.25, 0.3) is 0 Å². The zero-order valence-corrected chi connectivity index (χ0v) is 12.3. The quantitative estimate of drug-likeness (QED) is 0.887. The lowest BCUT2D eigenvalue weighted by atomic mass is 10.2. The average molecular weight is 311 g/mol. The topological polar surface area (TPSA) is 83.5 Å². The van der Waals surface area contributed by atoms with Gasteiger partial charge < -0.3 is 5.11 Å². The first-order valence-electron chi connectivity index (χ1n) is 5.76.